The predicted molar refractivity (Wildman–Crippen MR) is 87.2 cm³/mol. The summed E-state index contributed by atoms with van der Waals surface area (Å²) in [7, 11) is -1.91. The van der Waals surface area contributed by atoms with Gasteiger partial charge in [0, 0.05) is 36.7 Å². The van der Waals surface area contributed by atoms with Crippen molar-refractivity contribution in [1.29, 1.82) is 0 Å². The van der Waals surface area contributed by atoms with Crippen LogP contribution in [0.2, 0.25) is 0 Å². The van der Waals surface area contributed by atoms with Crippen molar-refractivity contribution >= 4 is 37.6 Å². The summed E-state index contributed by atoms with van der Waals surface area (Å²) >= 11 is 9.26. The summed E-state index contributed by atoms with van der Waals surface area (Å²) in [6.07, 6.45) is 1.45. The molecule has 1 aliphatic heterocycles. The van der Waals surface area contributed by atoms with E-state index in [2.05, 4.69) is 15.9 Å². The molecule has 2 rings (SSSR count). The third-order valence-corrected chi connectivity index (χ3v) is 7.36. The molecule has 0 atom stereocenters. The quantitative estimate of drug-likeness (QED) is 0.734. The van der Waals surface area contributed by atoms with Crippen molar-refractivity contribution in [2.75, 3.05) is 20.3 Å². The number of rotatable bonds is 4. The fraction of sp³-hybridized carbons (Fsp3) is 0.571. The van der Waals surface area contributed by atoms with E-state index in [-0.39, 0.29) is 16.8 Å². The minimum atomic E-state index is -3.55. The zero-order chi connectivity index (χ0) is 15.6. The SMILES string of the molecule is Cc1cc(CCl)cc(S(=O)(=O)N(C)C2CCOCC2)c1Br. The minimum absolute atomic E-state index is 0.0180. The average Bonchev–Trinajstić information content (AvgIpc) is 2.49. The van der Waals surface area contributed by atoms with Crippen molar-refractivity contribution in [1.82, 2.24) is 4.31 Å². The lowest BCUT2D eigenvalue weighted by molar-refractivity contribution is 0.0632. The van der Waals surface area contributed by atoms with Gasteiger partial charge in [-0.1, -0.05) is 6.07 Å². The van der Waals surface area contributed by atoms with Crippen LogP contribution >= 0.6 is 27.5 Å². The fourth-order valence-electron chi connectivity index (χ4n) is 2.47. The smallest absolute Gasteiger partial charge is 0.244 e. The number of benzene rings is 1. The summed E-state index contributed by atoms with van der Waals surface area (Å²) in [5.41, 5.74) is 1.67. The topological polar surface area (TPSA) is 46.6 Å². The van der Waals surface area contributed by atoms with Crippen LogP contribution in [0.25, 0.3) is 0 Å². The molecule has 0 aliphatic carbocycles. The number of sulfonamides is 1. The Labute approximate surface area is 139 Å². The molecule has 1 aliphatic rings. The van der Waals surface area contributed by atoms with Crippen LogP contribution in [0.15, 0.2) is 21.5 Å². The molecule has 1 heterocycles. The lowest BCUT2D eigenvalue weighted by Gasteiger charge is -2.30. The molecular weight excluding hydrogens is 378 g/mol. The molecule has 4 nitrogen and oxygen atoms in total. The van der Waals surface area contributed by atoms with Crippen LogP contribution in [-0.4, -0.2) is 39.0 Å². The van der Waals surface area contributed by atoms with Crippen LogP contribution in [0, 0.1) is 6.92 Å². The highest BCUT2D eigenvalue weighted by atomic mass is 79.9. The zero-order valence-electron chi connectivity index (χ0n) is 12.1. The van der Waals surface area contributed by atoms with Gasteiger partial charge in [0.15, 0.2) is 0 Å². The molecule has 0 saturated carbocycles. The molecule has 0 unspecified atom stereocenters. The Hall–Kier alpha value is -0.140. The van der Waals surface area contributed by atoms with Gasteiger partial charge in [-0.05, 0) is 52.9 Å². The van der Waals surface area contributed by atoms with E-state index < -0.39 is 10.0 Å². The van der Waals surface area contributed by atoms with E-state index in [4.69, 9.17) is 16.3 Å². The van der Waals surface area contributed by atoms with Crippen molar-refractivity contribution in [3.8, 4) is 0 Å². The summed E-state index contributed by atoms with van der Waals surface area (Å²) < 4.78 is 33.1. The first kappa shape index (κ1) is 17.2. The van der Waals surface area contributed by atoms with Crippen molar-refractivity contribution in [3.05, 3.63) is 27.7 Å². The molecule has 0 aromatic heterocycles. The molecule has 7 heteroatoms. The van der Waals surface area contributed by atoms with Crippen molar-refractivity contribution in [2.24, 2.45) is 0 Å². The van der Waals surface area contributed by atoms with Gasteiger partial charge in [-0.15, -0.1) is 11.6 Å². The highest BCUT2D eigenvalue weighted by Gasteiger charge is 2.31. The van der Waals surface area contributed by atoms with Gasteiger partial charge in [0.05, 0.1) is 4.90 Å². The molecule has 0 radical (unpaired) electrons. The lowest BCUT2D eigenvalue weighted by Crippen LogP contribution is -2.40. The molecule has 0 N–H and O–H groups in total. The number of alkyl halides is 1. The van der Waals surface area contributed by atoms with Crippen LogP contribution in [0.5, 0.6) is 0 Å². The Morgan fingerprint density at radius 2 is 2.00 bits per heavy atom. The van der Waals surface area contributed by atoms with E-state index in [1.54, 1.807) is 13.1 Å². The molecule has 0 bridgehead atoms. The number of nitrogens with zero attached hydrogens (tertiary/aromatic N) is 1. The van der Waals surface area contributed by atoms with Crippen molar-refractivity contribution in [3.63, 3.8) is 0 Å². The van der Waals surface area contributed by atoms with E-state index in [1.165, 1.54) is 4.31 Å². The Bertz CT molecular complexity index is 615. The van der Waals surface area contributed by atoms with Gasteiger partial charge in [0.25, 0.3) is 0 Å². The molecule has 118 valence electrons. The largest absolute Gasteiger partial charge is 0.381 e. The zero-order valence-corrected chi connectivity index (χ0v) is 15.3. The van der Waals surface area contributed by atoms with Crippen LogP contribution in [0.1, 0.15) is 24.0 Å². The normalized spacial score (nSPS) is 17.4. The van der Waals surface area contributed by atoms with Crippen LogP contribution < -0.4 is 0 Å². The summed E-state index contributed by atoms with van der Waals surface area (Å²) in [6.45, 7) is 3.08. The summed E-state index contributed by atoms with van der Waals surface area (Å²) in [6, 6.07) is 3.52. The monoisotopic (exact) mass is 395 g/mol. The van der Waals surface area contributed by atoms with E-state index >= 15 is 0 Å². The Morgan fingerprint density at radius 3 is 2.57 bits per heavy atom. The van der Waals surface area contributed by atoms with Crippen molar-refractivity contribution < 1.29 is 13.2 Å². The van der Waals surface area contributed by atoms with Gasteiger partial charge < -0.3 is 4.74 Å². The maximum atomic E-state index is 12.9. The van der Waals surface area contributed by atoms with Crippen molar-refractivity contribution in [2.45, 2.75) is 36.6 Å². The van der Waals surface area contributed by atoms with E-state index in [1.807, 2.05) is 13.0 Å². The Morgan fingerprint density at radius 1 is 1.38 bits per heavy atom. The number of hydrogen-bond donors (Lipinski definition) is 0. The molecular formula is C14H19BrClNO3S. The number of ether oxygens (including phenoxy) is 1. The third-order valence-electron chi connectivity index (χ3n) is 3.80. The summed E-state index contributed by atoms with van der Waals surface area (Å²) in [5, 5.41) is 0. The van der Waals surface area contributed by atoms with Gasteiger partial charge >= 0.3 is 0 Å². The van der Waals surface area contributed by atoms with Gasteiger partial charge in [-0.3, -0.25) is 0 Å². The third kappa shape index (κ3) is 3.62. The second-order valence-electron chi connectivity index (χ2n) is 5.22. The molecule has 0 amide bonds. The first-order chi connectivity index (χ1) is 9.87. The predicted octanol–water partition coefficient (Wildman–Crippen LogP) is 3.30. The second kappa shape index (κ2) is 6.96. The maximum absolute atomic E-state index is 12.9. The number of hydrogen-bond acceptors (Lipinski definition) is 3. The van der Waals surface area contributed by atoms with Crippen LogP contribution in [0.3, 0.4) is 0 Å². The standard InChI is InChI=1S/C14H19BrClNO3S/c1-10-7-11(9-16)8-13(14(10)15)21(18,19)17(2)12-3-5-20-6-4-12/h7-8,12H,3-6,9H2,1-2H3. The average molecular weight is 397 g/mol. The van der Waals surface area contributed by atoms with E-state index in [0.717, 1.165) is 24.0 Å². The Kier molecular flexibility index (Phi) is 5.71. The number of aryl methyl sites for hydroxylation is 1. The van der Waals surface area contributed by atoms with Crippen LogP contribution in [-0.2, 0) is 20.6 Å². The highest BCUT2D eigenvalue weighted by Crippen LogP contribution is 2.31. The first-order valence-corrected chi connectivity index (χ1v) is 9.55. The summed E-state index contributed by atoms with van der Waals surface area (Å²) in [5.74, 6) is 0.289. The minimum Gasteiger partial charge on any atom is -0.381 e. The fourth-order valence-corrected chi connectivity index (χ4v) is 5.07. The van der Waals surface area contributed by atoms with E-state index in [9.17, 15) is 8.42 Å². The molecule has 1 aromatic carbocycles. The van der Waals surface area contributed by atoms with E-state index in [0.29, 0.717) is 17.7 Å². The lowest BCUT2D eigenvalue weighted by atomic mass is 10.1. The van der Waals surface area contributed by atoms with Gasteiger partial charge in [-0.2, -0.15) is 4.31 Å². The van der Waals surface area contributed by atoms with Gasteiger partial charge in [-0.25, -0.2) is 8.42 Å². The molecule has 1 aromatic rings. The maximum Gasteiger partial charge on any atom is 0.244 e. The summed E-state index contributed by atoms with van der Waals surface area (Å²) in [4.78, 5) is 0.284. The highest BCUT2D eigenvalue weighted by molar-refractivity contribution is 9.10. The second-order valence-corrected chi connectivity index (χ2v) is 8.25. The Balaban J connectivity index is 2.40. The first-order valence-electron chi connectivity index (χ1n) is 6.78. The van der Waals surface area contributed by atoms with Gasteiger partial charge in [0.2, 0.25) is 10.0 Å². The molecule has 1 saturated heterocycles. The molecule has 21 heavy (non-hydrogen) atoms. The van der Waals surface area contributed by atoms with Crippen LogP contribution in [0.4, 0.5) is 0 Å². The van der Waals surface area contributed by atoms with Gasteiger partial charge in [0.1, 0.15) is 0 Å². The molecule has 1 fully saturated rings. The molecule has 0 spiro atoms. The number of halogens is 2.